The highest BCUT2D eigenvalue weighted by Gasteiger charge is 2.03. The molecule has 15 heavy (non-hydrogen) atoms. The molecular formula is C11H18N3O. The minimum atomic E-state index is 0.118. The van der Waals surface area contributed by atoms with E-state index in [2.05, 4.69) is 16.6 Å². The molecule has 0 atom stereocenters. The maximum Gasteiger partial charge on any atom is 0.220 e. The van der Waals surface area contributed by atoms with Gasteiger partial charge in [0.2, 0.25) is 5.91 Å². The third kappa shape index (κ3) is 3.38. The lowest BCUT2D eigenvalue weighted by atomic mass is 10.3. The van der Waals surface area contributed by atoms with Crippen molar-refractivity contribution in [2.75, 3.05) is 6.54 Å². The van der Waals surface area contributed by atoms with Gasteiger partial charge in [-0.25, -0.2) is 4.98 Å². The van der Waals surface area contributed by atoms with E-state index >= 15 is 0 Å². The van der Waals surface area contributed by atoms with E-state index in [-0.39, 0.29) is 5.91 Å². The molecule has 1 N–H and O–H groups in total. The Bertz CT molecular complexity index is 331. The first-order valence-corrected chi connectivity index (χ1v) is 5.33. The fourth-order valence-corrected chi connectivity index (χ4v) is 1.39. The van der Waals surface area contributed by atoms with Gasteiger partial charge in [0.25, 0.3) is 0 Å². The molecule has 0 spiro atoms. The van der Waals surface area contributed by atoms with Crippen molar-refractivity contribution < 1.29 is 4.79 Å². The van der Waals surface area contributed by atoms with Gasteiger partial charge in [-0.2, -0.15) is 0 Å². The Morgan fingerprint density at radius 1 is 1.53 bits per heavy atom. The second kappa shape index (κ2) is 5.53. The highest BCUT2D eigenvalue weighted by Crippen LogP contribution is 2.05. The Morgan fingerprint density at radius 2 is 2.27 bits per heavy atom. The van der Waals surface area contributed by atoms with E-state index < -0.39 is 0 Å². The van der Waals surface area contributed by atoms with Crippen LogP contribution in [-0.4, -0.2) is 22.0 Å². The first-order chi connectivity index (χ1) is 7.15. The number of amides is 1. The molecule has 1 rings (SSSR count). The van der Waals surface area contributed by atoms with Crippen molar-refractivity contribution in [3.05, 3.63) is 17.7 Å². The zero-order chi connectivity index (χ0) is 11.3. The van der Waals surface area contributed by atoms with E-state index in [1.807, 2.05) is 25.3 Å². The van der Waals surface area contributed by atoms with Crippen LogP contribution in [0.2, 0.25) is 0 Å². The molecule has 0 saturated heterocycles. The third-order valence-electron chi connectivity index (χ3n) is 2.43. The molecule has 4 heteroatoms. The minimum absolute atomic E-state index is 0.118. The van der Waals surface area contributed by atoms with Crippen LogP contribution >= 0.6 is 0 Å². The lowest BCUT2D eigenvalue weighted by Crippen LogP contribution is -2.22. The number of imidazole rings is 1. The second-order valence-electron chi connectivity index (χ2n) is 3.59. The van der Waals surface area contributed by atoms with Gasteiger partial charge in [-0.05, 0) is 27.2 Å². The second-order valence-corrected chi connectivity index (χ2v) is 3.59. The molecule has 0 aliphatic carbocycles. The maximum absolute atomic E-state index is 11.2. The predicted molar refractivity (Wildman–Crippen MR) is 58.5 cm³/mol. The number of nitrogens with one attached hydrogen (secondary N) is 1. The number of carbonyl (C=O) groups excluding carboxylic acids is 1. The number of aromatic nitrogens is 2. The molecule has 1 heterocycles. The number of carbonyl (C=O) groups is 1. The summed E-state index contributed by atoms with van der Waals surface area (Å²) in [7, 11) is 0. The van der Waals surface area contributed by atoms with Crippen LogP contribution in [0, 0.1) is 20.2 Å². The average molecular weight is 208 g/mol. The first kappa shape index (κ1) is 11.8. The van der Waals surface area contributed by atoms with Crippen LogP contribution in [0.3, 0.4) is 0 Å². The van der Waals surface area contributed by atoms with Gasteiger partial charge in [0.05, 0.1) is 5.69 Å². The zero-order valence-corrected chi connectivity index (χ0v) is 9.63. The molecule has 1 aromatic rings. The van der Waals surface area contributed by atoms with E-state index in [1.54, 1.807) is 0 Å². The number of nitrogens with zero attached hydrogens (tertiary/aromatic N) is 2. The Kier molecular flexibility index (Phi) is 4.34. The Morgan fingerprint density at radius 3 is 2.80 bits per heavy atom. The van der Waals surface area contributed by atoms with E-state index in [0.717, 1.165) is 24.4 Å². The summed E-state index contributed by atoms with van der Waals surface area (Å²) >= 11 is 0. The van der Waals surface area contributed by atoms with Crippen LogP contribution in [-0.2, 0) is 11.3 Å². The van der Waals surface area contributed by atoms with E-state index in [0.29, 0.717) is 13.0 Å². The monoisotopic (exact) mass is 208 g/mol. The molecule has 1 radical (unpaired) electrons. The third-order valence-corrected chi connectivity index (χ3v) is 2.43. The summed E-state index contributed by atoms with van der Waals surface area (Å²) in [6.07, 6.45) is 4.31. The Balaban J connectivity index is 2.32. The molecule has 0 aliphatic rings. The van der Waals surface area contributed by atoms with Gasteiger partial charge in [0.1, 0.15) is 0 Å². The van der Waals surface area contributed by atoms with E-state index in [9.17, 15) is 4.79 Å². The van der Waals surface area contributed by atoms with Crippen LogP contribution in [0.1, 0.15) is 31.2 Å². The normalized spacial score (nSPS) is 10.3. The SMILES string of the molecule is CCNC(=O)CCCn1[c]nc(C)c1C. The van der Waals surface area contributed by atoms with Crippen molar-refractivity contribution in [3.8, 4) is 0 Å². The fourth-order valence-electron chi connectivity index (χ4n) is 1.39. The lowest BCUT2D eigenvalue weighted by Gasteiger charge is -2.04. The topological polar surface area (TPSA) is 46.9 Å². The summed E-state index contributed by atoms with van der Waals surface area (Å²) in [5.74, 6) is 0.118. The van der Waals surface area contributed by atoms with Gasteiger partial charge < -0.3 is 9.88 Å². The summed E-state index contributed by atoms with van der Waals surface area (Å²) < 4.78 is 1.97. The number of aryl methyl sites for hydroxylation is 2. The van der Waals surface area contributed by atoms with Crippen molar-refractivity contribution in [2.24, 2.45) is 0 Å². The standard InChI is InChI=1S/C11H18N3O/c1-4-12-11(15)6-5-7-14-8-13-9(2)10(14)3/h4-7H2,1-3H3,(H,12,15). The summed E-state index contributed by atoms with van der Waals surface area (Å²) in [5.41, 5.74) is 2.14. The average Bonchev–Trinajstić information content (AvgIpc) is 2.50. The highest BCUT2D eigenvalue weighted by molar-refractivity contribution is 5.75. The van der Waals surface area contributed by atoms with Crippen molar-refractivity contribution >= 4 is 5.91 Å². The van der Waals surface area contributed by atoms with E-state index in [1.165, 1.54) is 0 Å². The largest absolute Gasteiger partial charge is 0.356 e. The molecule has 83 valence electrons. The van der Waals surface area contributed by atoms with Gasteiger partial charge in [-0.3, -0.25) is 4.79 Å². The smallest absolute Gasteiger partial charge is 0.220 e. The summed E-state index contributed by atoms with van der Waals surface area (Å²) in [4.78, 5) is 15.3. The molecule has 0 saturated carbocycles. The summed E-state index contributed by atoms with van der Waals surface area (Å²) in [6, 6.07) is 0. The van der Waals surface area contributed by atoms with Crippen molar-refractivity contribution in [1.82, 2.24) is 14.9 Å². The minimum Gasteiger partial charge on any atom is -0.356 e. The molecule has 0 fully saturated rings. The fraction of sp³-hybridized carbons (Fsp3) is 0.636. The van der Waals surface area contributed by atoms with Gasteiger partial charge in [-0.15, -0.1) is 0 Å². The lowest BCUT2D eigenvalue weighted by molar-refractivity contribution is -0.121. The molecular weight excluding hydrogens is 190 g/mol. The summed E-state index contributed by atoms with van der Waals surface area (Å²) in [6.45, 7) is 7.42. The van der Waals surface area contributed by atoms with Crippen molar-refractivity contribution in [3.63, 3.8) is 0 Å². The van der Waals surface area contributed by atoms with E-state index in [4.69, 9.17) is 0 Å². The van der Waals surface area contributed by atoms with Gasteiger partial charge in [-0.1, -0.05) is 0 Å². The number of rotatable bonds is 5. The molecule has 1 aromatic heterocycles. The van der Waals surface area contributed by atoms with Crippen LogP contribution in [0.15, 0.2) is 0 Å². The van der Waals surface area contributed by atoms with Gasteiger partial charge >= 0.3 is 0 Å². The maximum atomic E-state index is 11.2. The first-order valence-electron chi connectivity index (χ1n) is 5.33. The Labute approximate surface area is 90.7 Å². The summed E-state index contributed by atoms with van der Waals surface area (Å²) in [5, 5.41) is 2.78. The number of hydrogen-bond acceptors (Lipinski definition) is 2. The molecule has 0 bridgehead atoms. The highest BCUT2D eigenvalue weighted by atomic mass is 16.1. The molecule has 4 nitrogen and oxygen atoms in total. The Hall–Kier alpha value is -1.32. The van der Waals surface area contributed by atoms with Crippen LogP contribution in [0.5, 0.6) is 0 Å². The van der Waals surface area contributed by atoms with Gasteiger partial charge in [0.15, 0.2) is 6.33 Å². The number of hydrogen-bond donors (Lipinski definition) is 1. The molecule has 1 amide bonds. The quantitative estimate of drug-likeness (QED) is 0.790. The predicted octanol–water partition coefficient (Wildman–Crippen LogP) is 1.22. The van der Waals surface area contributed by atoms with Crippen LogP contribution in [0.25, 0.3) is 0 Å². The zero-order valence-electron chi connectivity index (χ0n) is 9.63. The van der Waals surface area contributed by atoms with Crippen LogP contribution in [0.4, 0.5) is 0 Å². The van der Waals surface area contributed by atoms with Gasteiger partial charge in [0, 0.05) is 25.2 Å². The molecule has 0 unspecified atom stereocenters. The molecule has 0 aliphatic heterocycles. The van der Waals surface area contributed by atoms with Crippen molar-refractivity contribution in [2.45, 2.75) is 40.2 Å². The van der Waals surface area contributed by atoms with Crippen molar-refractivity contribution in [1.29, 1.82) is 0 Å². The van der Waals surface area contributed by atoms with Crippen LogP contribution < -0.4 is 5.32 Å². The molecule has 0 aromatic carbocycles.